The predicted octanol–water partition coefficient (Wildman–Crippen LogP) is -4.15. The van der Waals surface area contributed by atoms with Crippen molar-refractivity contribution in [3.05, 3.63) is 0 Å². The fourth-order valence-corrected chi connectivity index (χ4v) is 1.02. The lowest BCUT2D eigenvalue weighted by Crippen LogP contribution is -2.48. The minimum absolute atomic E-state index is 0.937. The van der Waals surface area contributed by atoms with E-state index in [0.717, 1.165) is 0 Å². The summed E-state index contributed by atoms with van der Waals surface area (Å²) in [5.41, 5.74) is 0. The third-order valence-corrected chi connectivity index (χ3v) is 2.14. The molecule has 9 heteroatoms. The van der Waals surface area contributed by atoms with Gasteiger partial charge in [-0.25, -0.2) is 0 Å². The minimum Gasteiger partial charge on any atom is -0.394 e. The van der Waals surface area contributed by atoms with E-state index in [4.69, 9.17) is 15.3 Å². The first kappa shape index (κ1) is 14.1. The zero-order chi connectivity index (χ0) is 13.2. The maximum Gasteiger partial charge on any atom is 0.253 e. The van der Waals surface area contributed by atoms with Crippen molar-refractivity contribution in [3.8, 4) is 0 Å². The van der Waals surface area contributed by atoms with E-state index in [1.54, 1.807) is 0 Å². The molecule has 4 atom stereocenters. The average molecular weight is 252 g/mol. The Labute approximate surface area is 94.7 Å². The van der Waals surface area contributed by atoms with Gasteiger partial charge in [0.05, 0.1) is 6.61 Å². The molecule has 2 unspecified atom stereocenters. The standard InChI is InChI=1S/C8H12O9/c9-1-2(10)3(11)4(12)5(13)6(14)7(15)8-16-17-8/h2-3,6-11,14-15H,1H2/t2-,3-,6?,7?/m1/s1. The Balaban J connectivity index is 2.58. The van der Waals surface area contributed by atoms with E-state index in [-0.39, 0.29) is 0 Å². The van der Waals surface area contributed by atoms with Gasteiger partial charge in [0.15, 0.2) is 6.10 Å². The Hall–Kier alpha value is -0.940. The third-order valence-electron chi connectivity index (χ3n) is 2.14. The number of hydrogen-bond acceptors (Lipinski definition) is 9. The van der Waals surface area contributed by atoms with Crippen LogP contribution in [0.15, 0.2) is 0 Å². The second kappa shape index (κ2) is 5.60. The summed E-state index contributed by atoms with van der Waals surface area (Å²) < 4.78 is 0. The molecule has 5 N–H and O–H groups in total. The van der Waals surface area contributed by atoms with E-state index in [2.05, 4.69) is 9.78 Å². The molecule has 9 nitrogen and oxygen atoms in total. The first-order valence-corrected chi connectivity index (χ1v) is 4.63. The van der Waals surface area contributed by atoms with Crippen molar-refractivity contribution in [2.75, 3.05) is 6.61 Å². The Kier molecular flexibility index (Phi) is 4.65. The van der Waals surface area contributed by atoms with E-state index in [1.807, 2.05) is 0 Å². The molecule has 0 saturated carbocycles. The summed E-state index contributed by atoms with van der Waals surface area (Å²) in [6, 6.07) is 0. The van der Waals surface area contributed by atoms with E-state index in [9.17, 15) is 19.8 Å². The van der Waals surface area contributed by atoms with Crippen molar-refractivity contribution < 1.29 is 44.9 Å². The zero-order valence-electron chi connectivity index (χ0n) is 8.46. The monoisotopic (exact) mass is 252 g/mol. The molecule has 1 aliphatic rings. The number of rotatable bonds is 7. The number of ketones is 2. The molecule has 1 heterocycles. The number of carbonyl (C=O) groups excluding carboxylic acids is 2. The molecule has 0 radical (unpaired) electrons. The number of aliphatic hydroxyl groups excluding tert-OH is 5. The summed E-state index contributed by atoms with van der Waals surface area (Å²) in [6.45, 7) is -0.937. The van der Waals surface area contributed by atoms with E-state index in [1.165, 1.54) is 0 Å². The molecule has 98 valence electrons. The smallest absolute Gasteiger partial charge is 0.253 e. The van der Waals surface area contributed by atoms with Crippen LogP contribution in [0.3, 0.4) is 0 Å². The average Bonchev–Trinajstić information content (AvgIpc) is 3.17. The molecule has 0 aromatic carbocycles. The Bertz CT molecular complexity index is 299. The lowest BCUT2D eigenvalue weighted by molar-refractivity contribution is -0.154. The summed E-state index contributed by atoms with van der Waals surface area (Å²) in [7, 11) is 0. The number of carbonyl (C=O) groups is 2. The normalized spacial score (nSPS) is 22.6. The van der Waals surface area contributed by atoms with Crippen LogP contribution < -0.4 is 0 Å². The lowest BCUT2D eigenvalue weighted by Gasteiger charge is -2.17. The van der Waals surface area contributed by atoms with Crippen LogP contribution in [-0.2, 0) is 19.4 Å². The van der Waals surface area contributed by atoms with Gasteiger partial charge in [0.2, 0.25) is 11.6 Å². The maximum atomic E-state index is 11.3. The second-order valence-electron chi connectivity index (χ2n) is 3.42. The summed E-state index contributed by atoms with van der Waals surface area (Å²) >= 11 is 0. The van der Waals surface area contributed by atoms with Crippen LogP contribution in [0.5, 0.6) is 0 Å². The Morgan fingerprint density at radius 1 is 1.00 bits per heavy atom. The van der Waals surface area contributed by atoms with Crippen LogP contribution in [-0.4, -0.2) is 74.4 Å². The van der Waals surface area contributed by atoms with Crippen LogP contribution in [0.2, 0.25) is 0 Å². The molecule has 1 aliphatic heterocycles. The minimum atomic E-state index is -2.17. The van der Waals surface area contributed by atoms with Gasteiger partial charge >= 0.3 is 0 Å². The lowest BCUT2D eigenvalue weighted by atomic mass is 10.00. The molecule has 1 fully saturated rings. The van der Waals surface area contributed by atoms with Gasteiger partial charge in [0.1, 0.15) is 18.3 Å². The molecular formula is C8H12O9. The maximum absolute atomic E-state index is 11.3. The highest BCUT2D eigenvalue weighted by Gasteiger charge is 2.45. The van der Waals surface area contributed by atoms with E-state index in [0.29, 0.717) is 0 Å². The van der Waals surface area contributed by atoms with Crippen molar-refractivity contribution in [1.29, 1.82) is 0 Å². The fourth-order valence-electron chi connectivity index (χ4n) is 1.02. The molecule has 0 aromatic heterocycles. The van der Waals surface area contributed by atoms with Crippen molar-refractivity contribution in [1.82, 2.24) is 0 Å². The van der Waals surface area contributed by atoms with E-state index < -0.39 is 48.9 Å². The molecule has 0 amide bonds. The SMILES string of the molecule is O=C(C(=O)[C@H](O)[C@H](O)CO)C(O)C(O)C1OO1. The topological polar surface area (TPSA) is 160 Å². The largest absolute Gasteiger partial charge is 0.394 e. The second-order valence-corrected chi connectivity index (χ2v) is 3.42. The first-order valence-electron chi connectivity index (χ1n) is 4.63. The van der Waals surface area contributed by atoms with Crippen LogP contribution in [0.25, 0.3) is 0 Å². The Morgan fingerprint density at radius 2 is 1.47 bits per heavy atom. The highest BCUT2D eigenvalue weighted by Crippen LogP contribution is 2.19. The molecule has 0 spiro atoms. The van der Waals surface area contributed by atoms with Crippen LogP contribution in [0.1, 0.15) is 0 Å². The molecule has 0 aromatic rings. The highest BCUT2D eigenvalue weighted by molar-refractivity contribution is 6.40. The van der Waals surface area contributed by atoms with Gasteiger partial charge in [-0.15, -0.1) is 0 Å². The van der Waals surface area contributed by atoms with Gasteiger partial charge < -0.3 is 25.5 Å². The molecule has 1 saturated heterocycles. The van der Waals surface area contributed by atoms with Gasteiger partial charge in [0.25, 0.3) is 6.29 Å². The van der Waals surface area contributed by atoms with Crippen molar-refractivity contribution >= 4 is 11.6 Å². The van der Waals surface area contributed by atoms with Gasteiger partial charge in [-0.3, -0.25) is 9.59 Å². The molecular weight excluding hydrogens is 240 g/mol. The molecule has 17 heavy (non-hydrogen) atoms. The van der Waals surface area contributed by atoms with E-state index >= 15 is 0 Å². The summed E-state index contributed by atoms with van der Waals surface area (Å²) in [4.78, 5) is 30.7. The summed E-state index contributed by atoms with van der Waals surface area (Å²) in [5.74, 6) is -3.05. The third kappa shape index (κ3) is 3.26. The van der Waals surface area contributed by atoms with Crippen LogP contribution in [0, 0.1) is 0 Å². The van der Waals surface area contributed by atoms with Gasteiger partial charge in [-0.1, -0.05) is 0 Å². The number of aliphatic hydroxyl groups is 5. The summed E-state index contributed by atoms with van der Waals surface area (Å²) in [5, 5.41) is 44.9. The van der Waals surface area contributed by atoms with Crippen LogP contribution >= 0.6 is 0 Å². The first-order chi connectivity index (χ1) is 7.90. The van der Waals surface area contributed by atoms with Gasteiger partial charge in [-0.05, 0) is 0 Å². The quantitative estimate of drug-likeness (QED) is 0.172. The summed E-state index contributed by atoms with van der Waals surface area (Å²) in [6.07, 6.45) is -9.14. The predicted molar refractivity (Wildman–Crippen MR) is 47.1 cm³/mol. The van der Waals surface area contributed by atoms with Crippen molar-refractivity contribution in [2.45, 2.75) is 30.7 Å². The fraction of sp³-hybridized carbons (Fsp3) is 0.750. The van der Waals surface area contributed by atoms with Gasteiger partial charge in [-0.2, -0.15) is 9.78 Å². The van der Waals surface area contributed by atoms with Crippen molar-refractivity contribution in [3.63, 3.8) is 0 Å². The highest BCUT2D eigenvalue weighted by atomic mass is 17.4. The molecule has 0 aliphatic carbocycles. The van der Waals surface area contributed by atoms with Crippen LogP contribution in [0.4, 0.5) is 0 Å². The number of hydrogen-bond donors (Lipinski definition) is 5. The number of Topliss-reactive ketones (excluding diaryl/α,β-unsaturated/α-hetero) is 2. The Morgan fingerprint density at radius 3 is 1.88 bits per heavy atom. The van der Waals surface area contributed by atoms with Crippen molar-refractivity contribution in [2.24, 2.45) is 0 Å². The van der Waals surface area contributed by atoms with Gasteiger partial charge in [0, 0.05) is 0 Å². The molecule has 1 rings (SSSR count). The molecule has 0 bridgehead atoms. The zero-order valence-corrected chi connectivity index (χ0v) is 8.46.